The highest BCUT2D eigenvalue weighted by Crippen LogP contribution is 2.21. The molecule has 1 aliphatic rings. The van der Waals surface area contributed by atoms with E-state index >= 15 is 0 Å². The van der Waals surface area contributed by atoms with E-state index in [0.717, 1.165) is 0 Å². The minimum atomic E-state index is -4.69. The van der Waals surface area contributed by atoms with Crippen LogP contribution < -0.4 is 16.8 Å². The van der Waals surface area contributed by atoms with Crippen molar-refractivity contribution in [3.05, 3.63) is 0 Å². The Balaban J connectivity index is 2.39. The van der Waals surface area contributed by atoms with Gasteiger partial charge in [-0.15, -0.1) is 0 Å². The summed E-state index contributed by atoms with van der Waals surface area (Å²) >= 11 is 0. The molecule has 1 amide bonds. The van der Waals surface area contributed by atoms with Crippen LogP contribution in [0.1, 0.15) is 6.42 Å². The van der Waals surface area contributed by atoms with Gasteiger partial charge in [-0.25, -0.2) is 0 Å². The van der Waals surface area contributed by atoms with Crippen molar-refractivity contribution in [2.45, 2.75) is 30.7 Å². The van der Waals surface area contributed by atoms with Gasteiger partial charge in [0.05, 0.1) is 0 Å². The zero-order valence-electron chi connectivity index (χ0n) is 6.64. The number of amides is 1. The van der Waals surface area contributed by atoms with Crippen LogP contribution in [0.4, 0.5) is 13.2 Å². The maximum atomic E-state index is 11.9. The fraction of sp³-hybridized carbons (Fsp3) is 0.833. The van der Waals surface area contributed by atoms with Crippen LogP contribution in [0.25, 0.3) is 0 Å². The number of alkyl halides is 3. The fourth-order valence-corrected chi connectivity index (χ4v) is 0.802. The van der Waals surface area contributed by atoms with Crippen LogP contribution in [0.15, 0.2) is 0 Å². The fourth-order valence-electron chi connectivity index (χ4n) is 0.802. The topological polar surface area (TPSA) is 81.1 Å². The molecule has 0 saturated heterocycles. The molecule has 0 aromatic carbocycles. The van der Waals surface area contributed by atoms with Gasteiger partial charge in [-0.1, -0.05) is 0 Å². The van der Waals surface area contributed by atoms with Gasteiger partial charge in [0, 0.05) is 12.1 Å². The Morgan fingerprint density at radius 2 is 2.00 bits per heavy atom. The molecule has 0 aromatic heterocycles. The van der Waals surface area contributed by atoms with E-state index in [0.29, 0.717) is 6.42 Å². The average Bonchev–Trinajstić information content (AvgIpc) is 2.63. The van der Waals surface area contributed by atoms with E-state index in [1.54, 1.807) is 0 Å². The molecule has 0 spiro atoms. The highest BCUT2D eigenvalue weighted by molar-refractivity contribution is 5.83. The smallest absolute Gasteiger partial charge is 0.350 e. The van der Waals surface area contributed by atoms with Gasteiger partial charge in [0.1, 0.15) is 0 Å². The SMILES string of the molecule is NC1CC1NC(=O)C(N)C(F)(F)F. The van der Waals surface area contributed by atoms with Gasteiger partial charge in [-0.3, -0.25) is 4.79 Å². The Morgan fingerprint density at radius 1 is 1.54 bits per heavy atom. The highest BCUT2D eigenvalue weighted by Gasteiger charge is 2.44. The largest absolute Gasteiger partial charge is 0.412 e. The second-order valence-electron chi connectivity index (χ2n) is 3.03. The maximum Gasteiger partial charge on any atom is 0.412 e. The monoisotopic (exact) mass is 197 g/mol. The molecule has 1 rings (SSSR count). The van der Waals surface area contributed by atoms with E-state index < -0.39 is 18.1 Å². The third kappa shape index (κ3) is 2.56. The summed E-state index contributed by atoms with van der Waals surface area (Å²) in [6, 6.07) is -3.04. The number of nitrogens with two attached hydrogens (primary N) is 2. The first kappa shape index (κ1) is 10.3. The Morgan fingerprint density at radius 3 is 2.31 bits per heavy atom. The summed E-state index contributed by atoms with van der Waals surface area (Å²) in [5, 5.41) is 2.10. The third-order valence-electron chi connectivity index (χ3n) is 1.80. The molecule has 76 valence electrons. The number of rotatable bonds is 2. The lowest BCUT2D eigenvalue weighted by Crippen LogP contribution is -2.51. The van der Waals surface area contributed by atoms with E-state index in [9.17, 15) is 18.0 Å². The van der Waals surface area contributed by atoms with Crippen LogP contribution in [-0.4, -0.2) is 30.2 Å². The van der Waals surface area contributed by atoms with E-state index in [4.69, 9.17) is 5.73 Å². The number of hydrogen-bond acceptors (Lipinski definition) is 3. The number of hydrogen-bond donors (Lipinski definition) is 3. The van der Waals surface area contributed by atoms with Gasteiger partial charge in [0.25, 0.3) is 0 Å². The lowest BCUT2D eigenvalue weighted by atomic mass is 10.3. The number of carbonyl (C=O) groups is 1. The highest BCUT2D eigenvalue weighted by atomic mass is 19.4. The quantitative estimate of drug-likeness (QED) is 0.536. The van der Waals surface area contributed by atoms with Gasteiger partial charge < -0.3 is 16.8 Å². The molecule has 5 N–H and O–H groups in total. The molecule has 3 atom stereocenters. The Labute approximate surface area is 72.4 Å². The average molecular weight is 197 g/mol. The first-order valence-electron chi connectivity index (χ1n) is 3.70. The van der Waals surface area contributed by atoms with Crippen molar-refractivity contribution >= 4 is 5.91 Å². The van der Waals surface area contributed by atoms with Gasteiger partial charge in [0.15, 0.2) is 6.04 Å². The van der Waals surface area contributed by atoms with E-state index in [-0.39, 0.29) is 12.1 Å². The molecule has 0 aromatic rings. The van der Waals surface area contributed by atoms with Crippen LogP contribution >= 0.6 is 0 Å². The second-order valence-corrected chi connectivity index (χ2v) is 3.03. The molecular weight excluding hydrogens is 187 g/mol. The Kier molecular flexibility index (Phi) is 2.49. The second kappa shape index (κ2) is 3.15. The molecule has 1 saturated carbocycles. The van der Waals surface area contributed by atoms with Crippen LogP contribution in [-0.2, 0) is 4.79 Å². The van der Waals surface area contributed by atoms with Crippen molar-refractivity contribution in [1.82, 2.24) is 5.32 Å². The van der Waals surface area contributed by atoms with E-state index in [2.05, 4.69) is 11.1 Å². The summed E-state index contributed by atoms with van der Waals surface area (Å²) in [6.45, 7) is 0. The molecule has 7 heteroatoms. The van der Waals surface area contributed by atoms with Gasteiger partial charge >= 0.3 is 6.18 Å². The lowest BCUT2D eigenvalue weighted by Gasteiger charge is -2.14. The van der Waals surface area contributed by atoms with Crippen LogP contribution in [0.2, 0.25) is 0 Å². The zero-order valence-corrected chi connectivity index (χ0v) is 6.64. The van der Waals surface area contributed by atoms with Crippen molar-refractivity contribution in [2.75, 3.05) is 0 Å². The molecular formula is C6H10F3N3O. The third-order valence-corrected chi connectivity index (χ3v) is 1.80. The minimum Gasteiger partial charge on any atom is -0.350 e. The minimum absolute atomic E-state index is 0.232. The standard InChI is InChI=1S/C6H10F3N3O/c7-6(8,9)4(11)5(13)12-3-1-2(3)10/h2-4H,1,10-11H2,(H,12,13). The van der Waals surface area contributed by atoms with Crippen LogP contribution in [0.5, 0.6) is 0 Å². The normalized spacial score (nSPS) is 29.6. The maximum absolute atomic E-state index is 11.9. The molecule has 1 fully saturated rings. The molecule has 0 bridgehead atoms. The zero-order chi connectivity index (χ0) is 10.2. The molecule has 0 heterocycles. The van der Waals surface area contributed by atoms with Crippen molar-refractivity contribution in [3.63, 3.8) is 0 Å². The van der Waals surface area contributed by atoms with Crippen LogP contribution in [0.3, 0.4) is 0 Å². The van der Waals surface area contributed by atoms with Gasteiger partial charge in [-0.05, 0) is 6.42 Å². The number of carbonyl (C=O) groups excluding carboxylic acids is 1. The number of nitrogens with one attached hydrogen (secondary N) is 1. The summed E-state index contributed by atoms with van der Waals surface area (Å²) in [5.41, 5.74) is 9.93. The van der Waals surface area contributed by atoms with Crippen molar-refractivity contribution in [3.8, 4) is 0 Å². The summed E-state index contributed by atoms with van der Waals surface area (Å²) in [7, 11) is 0. The Bertz CT molecular complexity index is 218. The van der Waals surface area contributed by atoms with Gasteiger partial charge in [0.2, 0.25) is 5.91 Å². The summed E-state index contributed by atoms with van der Waals surface area (Å²) in [6.07, 6.45) is -4.18. The summed E-state index contributed by atoms with van der Waals surface area (Å²) in [4.78, 5) is 10.8. The first-order valence-corrected chi connectivity index (χ1v) is 3.70. The molecule has 0 aliphatic heterocycles. The number of halogens is 3. The predicted molar refractivity (Wildman–Crippen MR) is 38.6 cm³/mol. The molecule has 0 radical (unpaired) electrons. The van der Waals surface area contributed by atoms with E-state index in [1.165, 1.54) is 0 Å². The molecule has 1 aliphatic carbocycles. The van der Waals surface area contributed by atoms with Gasteiger partial charge in [-0.2, -0.15) is 13.2 Å². The summed E-state index contributed by atoms with van der Waals surface area (Å²) in [5.74, 6) is -1.22. The van der Waals surface area contributed by atoms with Crippen LogP contribution in [0, 0.1) is 0 Å². The van der Waals surface area contributed by atoms with E-state index in [1.807, 2.05) is 0 Å². The Hall–Kier alpha value is -0.820. The summed E-state index contributed by atoms with van der Waals surface area (Å²) < 4.78 is 35.6. The molecule has 13 heavy (non-hydrogen) atoms. The molecule has 3 unspecified atom stereocenters. The predicted octanol–water partition coefficient (Wildman–Crippen LogP) is -0.908. The van der Waals surface area contributed by atoms with Crippen molar-refractivity contribution in [1.29, 1.82) is 0 Å². The van der Waals surface area contributed by atoms with Crippen molar-refractivity contribution < 1.29 is 18.0 Å². The van der Waals surface area contributed by atoms with Crippen molar-refractivity contribution in [2.24, 2.45) is 11.5 Å². The molecule has 4 nitrogen and oxygen atoms in total. The first-order chi connectivity index (χ1) is 5.82. The lowest BCUT2D eigenvalue weighted by molar-refractivity contribution is -0.162.